The molecule has 1 aromatic carbocycles. The van der Waals surface area contributed by atoms with Crippen molar-refractivity contribution in [2.45, 2.75) is 13.3 Å². The van der Waals surface area contributed by atoms with E-state index in [1.165, 1.54) is 35.0 Å². The SMILES string of the molecule is C1CNCCNC1.Cc1cc2c(s1)Nc1ccccc1N=C2. The predicted octanol–water partition coefficient (Wildman–Crippen LogP) is 3.43. The molecular weight excluding hydrogens is 292 g/mol. The van der Waals surface area contributed by atoms with Crippen LogP contribution in [0.2, 0.25) is 0 Å². The summed E-state index contributed by atoms with van der Waals surface area (Å²) in [5, 5.41) is 11.2. The minimum atomic E-state index is 0.999. The van der Waals surface area contributed by atoms with Gasteiger partial charge in [-0.1, -0.05) is 12.1 Å². The molecule has 0 radical (unpaired) electrons. The molecule has 0 spiro atoms. The Morgan fingerprint density at radius 3 is 2.64 bits per heavy atom. The largest absolute Gasteiger partial charge is 0.345 e. The Labute approximate surface area is 135 Å². The minimum absolute atomic E-state index is 0.999. The summed E-state index contributed by atoms with van der Waals surface area (Å²) in [5.74, 6) is 0. The van der Waals surface area contributed by atoms with Gasteiger partial charge in [0.15, 0.2) is 0 Å². The van der Waals surface area contributed by atoms with Crippen molar-refractivity contribution in [2.75, 3.05) is 31.5 Å². The number of aliphatic imine (C=N–C) groups is 1. The van der Waals surface area contributed by atoms with Gasteiger partial charge in [0.2, 0.25) is 0 Å². The number of thiophene rings is 1. The second-order valence-electron chi connectivity index (χ2n) is 5.40. The number of para-hydroxylation sites is 2. The molecular formula is C17H22N4S. The summed E-state index contributed by atoms with van der Waals surface area (Å²) in [6.07, 6.45) is 3.21. The zero-order chi connectivity index (χ0) is 15.2. The molecule has 0 bridgehead atoms. The van der Waals surface area contributed by atoms with E-state index in [9.17, 15) is 0 Å². The Morgan fingerprint density at radius 1 is 1.05 bits per heavy atom. The lowest BCUT2D eigenvalue weighted by molar-refractivity contribution is 0.718. The first-order valence-electron chi connectivity index (χ1n) is 7.75. The standard InChI is InChI=1S/C12H10N2S.C5H12N2/c1-8-6-9-7-13-10-4-2-3-5-11(10)14-12(9)15-8;1-2-6-4-5-7-3-1/h2-7,14H,1H3;6-7H,1-5H2. The first-order chi connectivity index (χ1) is 10.8. The second-order valence-corrected chi connectivity index (χ2v) is 6.65. The summed E-state index contributed by atoms with van der Waals surface area (Å²) < 4.78 is 0. The first kappa shape index (κ1) is 15.2. The van der Waals surface area contributed by atoms with Gasteiger partial charge in [-0.25, -0.2) is 0 Å². The van der Waals surface area contributed by atoms with Crippen LogP contribution in [0.5, 0.6) is 0 Å². The average Bonchev–Trinajstić information content (AvgIpc) is 2.77. The Morgan fingerprint density at radius 2 is 1.82 bits per heavy atom. The topological polar surface area (TPSA) is 48.4 Å². The summed E-state index contributed by atoms with van der Waals surface area (Å²) in [6, 6.07) is 10.2. The highest BCUT2D eigenvalue weighted by molar-refractivity contribution is 7.16. The van der Waals surface area contributed by atoms with E-state index in [4.69, 9.17) is 0 Å². The van der Waals surface area contributed by atoms with Crippen LogP contribution >= 0.6 is 11.3 Å². The average molecular weight is 314 g/mol. The number of nitrogens with zero attached hydrogens (tertiary/aromatic N) is 1. The van der Waals surface area contributed by atoms with Crippen LogP contribution in [0.15, 0.2) is 35.3 Å². The molecule has 3 heterocycles. The Balaban J connectivity index is 0.000000174. The molecule has 22 heavy (non-hydrogen) atoms. The van der Waals surface area contributed by atoms with E-state index in [0.717, 1.165) is 24.5 Å². The van der Waals surface area contributed by atoms with Crippen molar-refractivity contribution < 1.29 is 0 Å². The molecule has 1 saturated heterocycles. The third kappa shape index (κ3) is 3.94. The van der Waals surface area contributed by atoms with Gasteiger partial charge in [0.25, 0.3) is 0 Å². The second kappa shape index (κ2) is 7.54. The molecule has 2 aliphatic rings. The first-order valence-corrected chi connectivity index (χ1v) is 8.56. The van der Waals surface area contributed by atoms with Crippen molar-refractivity contribution in [3.63, 3.8) is 0 Å². The third-order valence-electron chi connectivity index (χ3n) is 3.56. The zero-order valence-corrected chi connectivity index (χ0v) is 13.7. The van der Waals surface area contributed by atoms with Crippen molar-refractivity contribution in [3.8, 4) is 0 Å². The summed E-state index contributed by atoms with van der Waals surface area (Å²) in [6.45, 7) is 6.76. The quantitative estimate of drug-likeness (QED) is 0.596. The summed E-state index contributed by atoms with van der Waals surface area (Å²) in [5.41, 5.74) is 3.25. The maximum atomic E-state index is 4.46. The van der Waals surface area contributed by atoms with Gasteiger partial charge in [-0.2, -0.15) is 0 Å². The highest BCUT2D eigenvalue weighted by Gasteiger charge is 2.10. The van der Waals surface area contributed by atoms with Crippen LogP contribution in [0.25, 0.3) is 0 Å². The highest BCUT2D eigenvalue weighted by atomic mass is 32.1. The minimum Gasteiger partial charge on any atom is -0.345 e. The van der Waals surface area contributed by atoms with Gasteiger partial charge in [-0.3, -0.25) is 4.99 Å². The van der Waals surface area contributed by atoms with Crippen molar-refractivity contribution in [2.24, 2.45) is 4.99 Å². The van der Waals surface area contributed by atoms with Gasteiger partial charge in [-0.05, 0) is 44.6 Å². The number of hydrogen-bond acceptors (Lipinski definition) is 5. The Kier molecular flexibility index (Phi) is 5.21. The maximum absolute atomic E-state index is 4.46. The fourth-order valence-electron chi connectivity index (χ4n) is 2.45. The molecule has 1 fully saturated rings. The number of anilines is 2. The highest BCUT2D eigenvalue weighted by Crippen LogP contribution is 2.36. The Hall–Kier alpha value is -1.69. The van der Waals surface area contributed by atoms with E-state index >= 15 is 0 Å². The lowest BCUT2D eigenvalue weighted by atomic mass is 10.3. The molecule has 3 N–H and O–H groups in total. The lowest BCUT2D eigenvalue weighted by Crippen LogP contribution is -2.21. The molecule has 4 nitrogen and oxygen atoms in total. The van der Waals surface area contributed by atoms with Crippen LogP contribution in [0.1, 0.15) is 16.9 Å². The van der Waals surface area contributed by atoms with E-state index in [-0.39, 0.29) is 0 Å². The number of benzene rings is 1. The zero-order valence-electron chi connectivity index (χ0n) is 12.9. The van der Waals surface area contributed by atoms with Gasteiger partial charge in [0.05, 0.1) is 11.4 Å². The Bertz CT molecular complexity index is 628. The summed E-state index contributed by atoms with van der Waals surface area (Å²) >= 11 is 1.76. The van der Waals surface area contributed by atoms with Crippen LogP contribution in [0.3, 0.4) is 0 Å². The van der Waals surface area contributed by atoms with Crippen LogP contribution in [0.4, 0.5) is 16.4 Å². The molecule has 2 aromatic rings. The van der Waals surface area contributed by atoms with Gasteiger partial charge < -0.3 is 16.0 Å². The van der Waals surface area contributed by atoms with E-state index in [2.05, 4.69) is 40.0 Å². The van der Waals surface area contributed by atoms with Gasteiger partial charge in [0, 0.05) is 29.7 Å². The summed E-state index contributed by atoms with van der Waals surface area (Å²) in [4.78, 5) is 5.76. The number of nitrogens with one attached hydrogen (secondary N) is 3. The van der Waals surface area contributed by atoms with Crippen molar-refractivity contribution in [1.29, 1.82) is 0 Å². The lowest BCUT2D eigenvalue weighted by Gasteiger charge is -2.04. The maximum Gasteiger partial charge on any atom is 0.102 e. The van der Waals surface area contributed by atoms with Crippen LogP contribution in [0, 0.1) is 6.92 Å². The molecule has 116 valence electrons. The number of fused-ring (bicyclic) bond motifs is 2. The van der Waals surface area contributed by atoms with Gasteiger partial charge in [-0.15, -0.1) is 11.3 Å². The molecule has 0 aliphatic carbocycles. The van der Waals surface area contributed by atoms with Crippen molar-refractivity contribution in [1.82, 2.24) is 10.6 Å². The van der Waals surface area contributed by atoms with Gasteiger partial charge >= 0.3 is 0 Å². The molecule has 0 atom stereocenters. The smallest absolute Gasteiger partial charge is 0.102 e. The van der Waals surface area contributed by atoms with E-state index < -0.39 is 0 Å². The number of rotatable bonds is 0. The molecule has 4 rings (SSSR count). The van der Waals surface area contributed by atoms with E-state index in [0.29, 0.717) is 0 Å². The summed E-state index contributed by atoms with van der Waals surface area (Å²) in [7, 11) is 0. The number of hydrogen-bond donors (Lipinski definition) is 3. The fourth-order valence-corrected chi connectivity index (χ4v) is 3.34. The predicted molar refractivity (Wildman–Crippen MR) is 96.4 cm³/mol. The fraction of sp³-hybridized carbons (Fsp3) is 0.353. The van der Waals surface area contributed by atoms with E-state index in [1.807, 2.05) is 24.4 Å². The van der Waals surface area contributed by atoms with Gasteiger partial charge in [0.1, 0.15) is 5.00 Å². The molecule has 0 unspecified atom stereocenters. The third-order valence-corrected chi connectivity index (χ3v) is 4.55. The van der Waals surface area contributed by atoms with Crippen LogP contribution in [-0.2, 0) is 0 Å². The van der Waals surface area contributed by atoms with Crippen LogP contribution in [-0.4, -0.2) is 32.4 Å². The van der Waals surface area contributed by atoms with Crippen molar-refractivity contribution >= 4 is 33.9 Å². The van der Waals surface area contributed by atoms with Crippen LogP contribution < -0.4 is 16.0 Å². The normalized spacial score (nSPS) is 16.2. The molecule has 1 aromatic heterocycles. The molecule has 0 amide bonds. The van der Waals surface area contributed by atoms with E-state index in [1.54, 1.807) is 11.3 Å². The number of aryl methyl sites for hydroxylation is 1. The molecule has 0 saturated carbocycles. The van der Waals surface area contributed by atoms with Crippen molar-refractivity contribution in [3.05, 3.63) is 40.8 Å². The molecule has 5 heteroatoms. The monoisotopic (exact) mass is 314 g/mol. The molecule has 2 aliphatic heterocycles.